The molecular formula is C25H25F3N4O6. The molecule has 0 spiro atoms. The number of methoxy groups -OCH3 is 1. The second kappa shape index (κ2) is 11.7. The highest BCUT2D eigenvalue weighted by atomic mass is 19.4. The molecule has 0 radical (unpaired) electrons. The van der Waals surface area contributed by atoms with Crippen molar-refractivity contribution in [3.05, 3.63) is 59.9 Å². The van der Waals surface area contributed by atoms with Crippen LogP contribution in [-0.4, -0.2) is 72.0 Å². The number of rotatable bonds is 5. The molecule has 38 heavy (non-hydrogen) atoms. The van der Waals surface area contributed by atoms with E-state index in [0.717, 1.165) is 28.2 Å². The summed E-state index contributed by atoms with van der Waals surface area (Å²) in [4.78, 5) is 36.2. The summed E-state index contributed by atoms with van der Waals surface area (Å²) < 4.78 is 42.8. The molecule has 2 heterocycles. The molecule has 1 aliphatic heterocycles. The third-order valence-electron chi connectivity index (χ3n) is 5.53. The summed E-state index contributed by atoms with van der Waals surface area (Å²) in [6, 6.07) is 10.9. The van der Waals surface area contributed by atoms with E-state index in [-0.39, 0.29) is 24.3 Å². The van der Waals surface area contributed by atoms with Gasteiger partial charge in [0.15, 0.2) is 0 Å². The van der Waals surface area contributed by atoms with E-state index >= 15 is 0 Å². The average molecular weight is 534 g/mol. The fourth-order valence-electron chi connectivity index (χ4n) is 3.56. The number of hydrogen-bond acceptors (Lipinski definition) is 6. The number of carboxylic acid groups (broad SMARTS) is 1. The molecule has 1 aliphatic rings. The van der Waals surface area contributed by atoms with Gasteiger partial charge in [-0.25, -0.2) is 4.79 Å². The first kappa shape index (κ1) is 28.0. The Hall–Kier alpha value is -4.55. The monoisotopic (exact) mass is 534 g/mol. The third-order valence-corrected chi connectivity index (χ3v) is 5.53. The summed E-state index contributed by atoms with van der Waals surface area (Å²) in [6.07, 6.45) is -1.12. The molecule has 1 aromatic heterocycles. The number of benzene rings is 2. The minimum absolute atomic E-state index is 0.197. The molecule has 0 saturated heterocycles. The number of aromatic nitrogens is 2. The first-order valence-electron chi connectivity index (χ1n) is 11.2. The highest BCUT2D eigenvalue weighted by molar-refractivity contribution is 6.05. The van der Waals surface area contributed by atoms with Crippen molar-refractivity contribution >= 4 is 23.5 Å². The van der Waals surface area contributed by atoms with Gasteiger partial charge in [-0.05, 0) is 47.9 Å². The standard InChI is InChI=1S/C23H24N4O4.C2HF3O2/c1-27(2)23(29)19-10-14(17-11-24-25-12-17)4-6-20(19)26-22(28)16-8-15-9-18(30-3)5-7-21(15)31-13-16;3-2(4,5)1(6)7/h4-7,9-12,16H,8,13H2,1-3H3,(H,24,25)(H,26,28);(H,6,7). The van der Waals surface area contributed by atoms with Crippen LogP contribution >= 0.6 is 0 Å². The Morgan fingerprint density at radius 1 is 1.16 bits per heavy atom. The maximum atomic E-state index is 13.0. The number of ether oxygens (including phenoxy) is 2. The van der Waals surface area contributed by atoms with Crippen LogP contribution in [-0.2, 0) is 16.0 Å². The van der Waals surface area contributed by atoms with Gasteiger partial charge in [-0.1, -0.05) is 6.07 Å². The predicted octanol–water partition coefficient (Wildman–Crippen LogP) is 3.61. The molecule has 0 aliphatic carbocycles. The van der Waals surface area contributed by atoms with Crippen molar-refractivity contribution in [3.63, 3.8) is 0 Å². The van der Waals surface area contributed by atoms with Crippen molar-refractivity contribution in [1.29, 1.82) is 0 Å². The number of halogens is 3. The van der Waals surface area contributed by atoms with Crippen molar-refractivity contribution in [2.45, 2.75) is 12.6 Å². The number of carboxylic acids is 1. The minimum atomic E-state index is -5.08. The number of aromatic amines is 1. The van der Waals surface area contributed by atoms with Gasteiger partial charge in [0.2, 0.25) is 5.91 Å². The highest BCUT2D eigenvalue weighted by Crippen LogP contribution is 2.32. The maximum Gasteiger partial charge on any atom is 0.490 e. The molecule has 10 nitrogen and oxygen atoms in total. The van der Waals surface area contributed by atoms with Gasteiger partial charge in [-0.3, -0.25) is 14.7 Å². The summed E-state index contributed by atoms with van der Waals surface area (Å²) in [6.45, 7) is 0.273. The lowest BCUT2D eigenvalue weighted by Gasteiger charge is -2.25. The maximum absolute atomic E-state index is 13.0. The van der Waals surface area contributed by atoms with Crippen LogP contribution in [0.15, 0.2) is 48.8 Å². The number of H-pyrrole nitrogens is 1. The number of carbonyl (C=O) groups excluding carboxylic acids is 2. The van der Waals surface area contributed by atoms with Crippen LogP contribution in [0.5, 0.6) is 11.5 Å². The molecule has 4 rings (SSSR count). The molecule has 0 fully saturated rings. The topological polar surface area (TPSA) is 134 Å². The normalized spacial score (nSPS) is 14.2. The Morgan fingerprint density at radius 3 is 2.45 bits per heavy atom. The van der Waals surface area contributed by atoms with E-state index in [0.29, 0.717) is 17.7 Å². The average Bonchev–Trinajstić information content (AvgIpc) is 3.42. The van der Waals surface area contributed by atoms with Crippen LogP contribution in [0.25, 0.3) is 11.1 Å². The van der Waals surface area contributed by atoms with E-state index in [9.17, 15) is 22.8 Å². The predicted molar refractivity (Wildman–Crippen MR) is 130 cm³/mol. The Kier molecular flexibility index (Phi) is 8.61. The molecule has 3 aromatic rings. The van der Waals surface area contributed by atoms with Gasteiger partial charge in [0.25, 0.3) is 5.91 Å². The quantitative estimate of drug-likeness (QED) is 0.455. The number of nitrogens with one attached hydrogen (secondary N) is 2. The van der Waals surface area contributed by atoms with E-state index in [2.05, 4.69) is 15.5 Å². The Balaban J connectivity index is 0.000000505. The number of hydrogen-bond donors (Lipinski definition) is 3. The lowest BCUT2D eigenvalue weighted by atomic mass is 9.95. The fraction of sp³-hybridized carbons (Fsp3) is 0.280. The summed E-state index contributed by atoms with van der Waals surface area (Å²) >= 11 is 0. The van der Waals surface area contributed by atoms with E-state index in [1.54, 1.807) is 45.7 Å². The van der Waals surface area contributed by atoms with Crippen LogP contribution in [0.2, 0.25) is 0 Å². The number of nitrogens with zero attached hydrogens (tertiary/aromatic N) is 2. The van der Waals surface area contributed by atoms with E-state index in [1.807, 2.05) is 24.3 Å². The summed E-state index contributed by atoms with van der Waals surface area (Å²) in [5.74, 6) is -2.05. The number of anilines is 1. The van der Waals surface area contributed by atoms with Crippen molar-refractivity contribution in [1.82, 2.24) is 15.1 Å². The first-order chi connectivity index (χ1) is 17.9. The fourth-order valence-corrected chi connectivity index (χ4v) is 3.56. The van der Waals surface area contributed by atoms with E-state index in [4.69, 9.17) is 19.4 Å². The smallest absolute Gasteiger partial charge is 0.490 e. The van der Waals surface area contributed by atoms with Crippen molar-refractivity contribution < 1.29 is 42.1 Å². The Labute approximate surface area is 215 Å². The summed E-state index contributed by atoms with van der Waals surface area (Å²) in [7, 11) is 4.96. The Morgan fingerprint density at radius 2 is 1.87 bits per heavy atom. The number of carbonyl (C=O) groups is 3. The zero-order valence-electron chi connectivity index (χ0n) is 20.6. The number of fused-ring (bicyclic) bond motifs is 1. The van der Waals surface area contributed by atoms with Crippen LogP contribution in [0.4, 0.5) is 18.9 Å². The second-order valence-electron chi connectivity index (χ2n) is 8.42. The van der Waals surface area contributed by atoms with Gasteiger partial charge < -0.3 is 24.8 Å². The summed E-state index contributed by atoms with van der Waals surface area (Å²) in [5.41, 5.74) is 3.49. The molecule has 13 heteroatoms. The lowest BCUT2D eigenvalue weighted by molar-refractivity contribution is -0.192. The first-order valence-corrected chi connectivity index (χ1v) is 11.2. The largest absolute Gasteiger partial charge is 0.497 e. The van der Waals surface area contributed by atoms with Gasteiger partial charge >= 0.3 is 12.1 Å². The van der Waals surface area contributed by atoms with Gasteiger partial charge in [0.1, 0.15) is 18.1 Å². The van der Waals surface area contributed by atoms with E-state index in [1.165, 1.54) is 4.90 Å². The molecule has 1 unspecified atom stereocenters. The molecule has 0 bridgehead atoms. The molecule has 0 saturated carbocycles. The Bertz CT molecular complexity index is 1310. The number of aliphatic carboxylic acids is 1. The number of amides is 2. The molecule has 2 amide bonds. The molecule has 3 N–H and O–H groups in total. The van der Waals surface area contributed by atoms with Crippen LogP contribution in [0, 0.1) is 5.92 Å². The van der Waals surface area contributed by atoms with Crippen LogP contribution in [0.3, 0.4) is 0 Å². The van der Waals surface area contributed by atoms with Gasteiger partial charge in [0, 0.05) is 25.9 Å². The molecule has 2 aromatic carbocycles. The highest BCUT2D eigenvalue weighted by Gasteiger charge is 2.38. The van der Waals surface area contributed by atoms with Gasteiger partial charge in [-0.2, -0.15) is 18.3 Å². The van der Waals surface area contributed by atoms with Crippen molar-refractivity contribution in [2.75, 3.05) is 33.1 Å². The van der Waals surface area contributed by atoms with E-state index < -0.39 is 12.1 Å². The molecular weight excluding hydrogens is 509 g/mol. The lowest BCUT2D eigenvalue weighted by Crippen LogP contribution is -2.33. The second-order valence-corrected chi connectivity index (χ2v) is 8.42. The minimum Gasteiger partial charge on any atom is -0.497 e. The molecule has 202 valence electrons. The number of alkyl halides is 3. The zero-order valence-corrected chi connectivity index (χ0v) is 20.6. The summed E-state index contributed by atoms with van der Waals surface area (Å²) in [5, 5.41) is 16.8. The molecule has 1 atom stereocenters. The van der Waals surface area contributed by atoms with Gasteiger partial charge in [-0.15, -0.1) is 0 Å². The van der Waals surface area contributed by atoms with Crippen molar-refractivity contribution in [2.24, 2.45) is 5.92 Å². The van der Waals surface area contributed by atoms with Crippen LogP contribution < -0.4 is 14.8 Å². The van der Waals surface area contributed by atoms with Crippen LogP contribution in [0.1, 0.15) is 15.9 Å². The SMILES string of the molecule is COc1ccc2c(c1)CC(C(=O)Nc1ccc(-c3cn[nH]c3)cc1C(=O)N(C)C)CO2.O=C(O)C(F)(F)F. The van der Waals surface area contributed by atoms with Gasteiger partial charge in [0.05, 0.1) is 30.5 Å². The van der Waals surface area contributed by atoms with Crippen molar-refractivity contribution in [3.8, 4) is 22.6 Å². The zero-order chi connectivity index (χ0) is 28.0. The third kappa shape index (κ3) is 6.81.